The van der Waals surface area contributed by atoms with Gasteiger partial charge < -0.3 is 15.6 Å². The molecule has 0 radical (unpaired) electrons. The van der Waals surface area contributed by atoms with Crippen LogP contribution < -0.4 is 10.5 Å². The summed E-state index contributed by atoms with van der Waals surface area (Å²) in [7, 11) is 0. The second kappa shape index (κ2) is 10.4. The Morgan fingerprint density at radius 2 is 1.97 bits per heavy atom. The molecule has 2 aromatic heterocycles. The summed E-state index contributed by atoms with van der Waals surface area (Å²) in [5.74, 6) is -0.521. The number of nitrogens with two attached hydrogens (primary N) is 1. The first-order chi connectivity index (χ1) is 17.6. The number of nitrogen functional groups attached to an aromatic ring is 1. The fourth-order valence-corrected chi connectivity index (χ4v) is 5.03. The lowest BCUT2D eigenvalue weighted by molar-refractivity contribution is -0.0396. The van der Waals surface area contributed by atoms with E-state index in [4.69, 9.17) is 22.1 Å². The molecule has 192 valence electrons. The third-order valence-electron chi connectivity index (χ3n) is 6.87. The minimum atomic E-state index is -1.30. The Morgan fingerprint density at radius 1 is 1.24 bits per heavy atom. The Morgan fingerprint density at radius 3 is 2.65 bits per heavy atom. The fourth-order valence-electron chi connectivity index (χ4n) is 4.83. The Labute approximate surface area is 220 Å². The Hall–Kier alpha value is -3.68. The van der Waals surface area contributed by atoms with E-state index in [9.17, 15) is 5.11 Å². The normalized spacial score (nSPS) is 15.0. The summed E-state index contributed by atoms with van der Waals surface area (Å²) >= 11 is 6.36. The third kappa shape index (κ3) is 4.84. The lowest BCUT2D eigenvalue weighted by Crippen LogP contribution is -2.44. The van der Waals surface area contributed by atoms with E-state index in [1.165, 1.54) is 4.52 Å². The predicted molar refractivity (Wildman–Crippen MR) is 146 cm³/mol. The second-order valence-corrected chi connectivity index (χ2v) is 9.62. The van der Waals surface area contributed by atoms with Gasteiger partial charge in [-0.3, -0.25) is 0 Å². The van der Waals surface area contributed by atoms with Crippen LogP contribution in [-0.2, 0) is 5.60 Å². The maximum absolute atomic E-state index is 15.7. The summed E-state index contributed by atoms with van der Waals surface area (Å²) in [6.45, 7) is 9.80. The van der Waals surface area contributed by atoms with Crippen molar-refractivity contribution in [2.75, 3.05) is 12.3 Å². The smallest absolute Gasteiger partial charge is 0.240 e. The first-order valence-corrected chi connectivity index (χ1v) is 12.3. The number of nitrogens with zero attached hydrogens (tertiary/aromatic N) is 3. The molecular formula is C29H30ClFN4O2. The molecule has 8 heteroatoms. The van der Waals surface area contributed by atoms with Crippen LogP contribution in [0.15, 0.2) is 85.1 Å². The van der Waals surface area contributed by atoms with Gasteiger partial charge >= 0.3 is 0 Å². The van der Waals surface area contributed by atoms with Crippen LogP contribution in [0.3, 0.4) is 0 Å². The molecule has 37 heavy (non-hydrogen) atoms. The van der Waals surface area contributed by atoms with Crippen LogP contribution in [0.25, 0.3) is 16.8 Å². The van der Waals surface area contributed by atoms with Crippen LogP contribution in [0.1, 0.15) is 32.8 Å². The Kier molecular flexibility index (Phi) is 7.39. The minimum Gasteiger partial charge on any atom is -0.489 e. The minimum absolute atomic E-state index is 0.0598. The van der Waals surface area contributed by atoms with E-state index in [-0.39, 0.29) is 23.3 Å². The van der Waals surface area contributed by atoms with Crippen molar-refractivity contribution in [3.63, 3.8) is 0 Å². The lowest BCUT2D eigenvalue weighted by Gasteiger charge is -2.45. The maximum atomic E-state index is 15.7. The van der Waals surface area contributed by atoms with Crippen molar-refractivity contribution in [2.45, 2.75) is 32.8 Å². The van der Waals surface area contributed by atoms with Crippen molar-refractivity contribution >= 4 is 23.2 Å². The van der Waals surface area contributed by atoms with Gasteiger partial charge in [0.15, 0.2) is 17.2 Å². The van der Waals surface area contributed by atoms with E-state index in [0.29, 0.717) is 23.2 Å². The highest BCUT2D eigenvalue weighted by atomic mass is 35.5. The highest BCUT2D eigenvalue weighted by Gasteiger charge is 2.46. The van der Waals surface area contributed by atoms with Gasteiger partial charge in [-0.2, -0.15) is 4.98 Å². The molecule has 0 amide bonds. The number of anilines is 1. The van der Waals surface area contributed by atoms with Gasteiger partial charge in [0.1, 0.15) is 0 Å². The number of hydrogen-bond acceptors (Lipinski definition) is 5. The van der Waals surface area contributed by atoms with Crippen LogP contribution >= 0.6 is 11.6 Å². The summed E-state index contributed by atoms with van der Waals surface area (Å²) in [6.07, 6.45) is 5.80. The molecule has 2 aromatic carbocycles. The fraction of sp³-hybridized carbons (Fsp3) is 0.241. The zero-order chi connectivity index (χ0) is 26.8. The van der Waals surface area contributed by atoms with Gasteiger partial charge in [-0.05, 0) is 62.6 Å². The van der Waals surface area contributed by atoms with Gasteiger partial charge in [-0.15, -0.1) is 5.10 Å². The van der Waals surface area contributed by atoms with Crippen LogP contribution in [0, 0.1) is 11.2 Å². The lowest BCUT2D eigenvalue weighted by atomic mass is 9.63. The van der Waals surface area contributed by atoms with Gasteiger partial charge in [0.2, 0.25) is 5.95 Å². The molecule has 0 spiro atoms. The first-order valence-electron chi connectivity index (χ1n) is 11.9. The number of rotatable bonds is 9. The molecule has 2 atom stereocenters. The molecule has 3 N–H and O–H groups in total. The highest BCUT2D eigenvalue weighted by molar-refractivity contribution is 6.32. The molecule has 0 saturated heterocycles. The van der Waals surface area contributed by atoms with Crippen LogP contribution in [0.5, 0.6) is 5.75 Å². The van der Waals surface area contributed by atoms with Gasteiger partial charge in [0, 0.05) is 17.2 Å². The first kappa shape index (κ1) is 26.4. The monoisotopic (exact) mass is 520 g/mol. The van der Waals surface area contributed by atoms with Crippen molar-refractivity contribution in [1.82, 2.24) is 14.6 Å². The molecule has 0 aliphatic rings. The van der Waals surface area contributed by atoms with Gasteiger partial charge in [-0.1, -0.05) is 66.2 Å². The van der Waals surface area contributed by atoms with Gasteiger partial charge in [-0.25, -0.2) is 8.91 Å². The number of ether oxygens (including phenoxy) is 1. The number of allylic oxidation sites excluding steroid dienone is 1. The number of hydrogen-bond donors (Lipinski definition) is 2. The van der Waals surface area contributed by atoms with E-state index in [2.05, 4.69) is 16.7 Å². The summed E-state index contributed by atoms with van der Waals surface area (Å²) in [5, 5.41) is 16.0. The number of halogens is 2. The van der Waals surface area contributed by atoms with Crippen molar-refractivity contribution < 1.29 is 14.2 Å². The molecule has 0 aliphatic carbocycles. The van der Waals surface area contributed by atoms with Crippen molar-refractivity contribution in [3.05, 3.63) is 102 Å². The van der Waals surface area contributed by atoms with E-state index in [0.717, 1.165) is 11.1 Å². The van der Waals surface area contributed by atoms with Gasteiger partial charge in [0.25, 0.3) is 0 Å². The average molecular weight is 521 g/mol. The number of pyridine rings is 1. The van der Waals surface area contributed by atoms with Crippen molar-refractivity contribution in [1.29, 1.82) is 0 Å². The van der Waals surface area contributed by atoms with Crippen molar-refractivity contribution in [2.24, 2.45) is 5.41 Å². The highest BCUT2D eigenvalue weighted by Crippen LogP contribution is 2.49. The molecule has 2 unspecified atom stereocenters. The molecule has 2 heterocycles. The standard InChI is InChI=1S/C29H30ClFN4O2/c1-5-14-29(19(2)3,28(4,36)21-9-7-6-8-10-21)15-17-37-26-23(30)12-11-22(25(26)31)20-13-16-35-24(18-20)33-27(32)34-35/h5-14,16,18,36H,2,15,17H2,1,3-4H3,(H2,32,34)/b14-5+. The molecule has 4 rings (SSSR count). The average Bonchev–Trinajstić information content (AvgIpc) is 3.24. The maximum Gasteiger partial charge on any atom is 0.240 e. The van der Waals surface area contributed by atoms with Crippen LogP contribution in [0.2, 0.25) is 5.02 Å². The van der Waals surface area contributed by atoms with Crippen LogP contribution in [0.4, 0.5) is 10.3 Å². The molecule has 0 bridgehead atoms. The number of aliphatic hydroxyl groups is 1. The topological polar surface area (TPSA) is 85.7 Å². The largest absolute Gasteiger partial charge is 0.489 e. The quantitative estimate of drug-likeness (QED) is 0.243. The molecule has 6 nitrogen and oxygen atoms in total. The third-order valence-corrected chi connectivity index (χ3v) is 7.17. The Bertz CT molecular complexity index is 1470. The SMILES string of the molecule is C=C(C)C(/C=C/C)(CCOc1c(Cl)ccc(-c2ccn3nc(N)nc3c2)c1F)C(C)(O)c1ccccc1. The second-order valence-electron chi connectivity index (χ2n) is 9.21. The number of fused-ring (bicyclic) bond motifs is 1. The van der Waals surface area contributed by atoms with Gasteiger partial charge in [0.05, 0.1) is 17.2 Å². The predicted octanol–water partition coefficient (Wildman–Crippen LogP) is 6.59. The summed E-state index contributed by atoms with van der Waals surface area (Å²) in [5.41, 5.74) is 6.38. The molecule has 0 fully saturated rings. The number of aromatic nitrogens is 3. The van der Waals surface area contributed by atoms with E-state index in [1.54, 1.807) is 37.4 Å². The zero-order valence-electron chi connectivity index (χ0n) is 21.1. The summed E-state index contributed by atoms with van der Waals surface area (Å²) in [4.78, 5) is 4.14. The molecule has 0 saturated carbocycles. The van der Waals surface area contributed by atoms with E-state index >= 15 is 4.39 Å². The Balaban J connectivity index is 1.65. The van der Waals surface area contributed by atoms with E-state index in [1.807, 2.05) is 56.3 Å². The summed E-state index contributed by atoms with van der Waals surface area (Å²) < 4.78 is 23.2. The zero-order valence-corrected chi connectivity index (χ0v) is 21.8. The van der Waals surface area contributed by atoms with E-state index < -0.39 is 16.8 Å². The molecule has 4 aromatic rings. The van der Waals surface area contributed by atoms with Crippen LogP contribution in [-0.4, -0.2) is 26.3 Å². The number of benzene rings is 2. The molecule has 0 aliphatic heterocycles. The summed E-state index contributed by atoms with van der Waals surface area (Å²) in [6, 6.07) is 16.0. The molecular weight excluding hydrogens is 491 g/mol. The van der Waals surface area contributed by atoms with Crippen molar-refractivity contribution in [3.8, 4) is 16.9 Å².